The van der Waals surface area contributed by atoms with Gasteiger partial charge >= 0.3 is 0 Å². The van der Waals surface area contributed by atoms with Crippen LogP contribution in [0.4, 0.5) is 5.13 Å². The Morgan fingerprint density at radius 2 is 1.96 bits per heavy atom. The predicted octanol–water partition coefficient (Wildman–Crippen LogP) is 1.95. The molecule has 0 unspecified atom stereocenters. The highest BCUT2D eigenvalue weighted by Gasteiger charge is 2.15. The third kappa shape index (κ3) is 5.90. The number of aryl methyl sites for hydroxylation is 1. The smallest absolute Gasteiger partial charge is 0.262 e. The minimum Gasteiger partial charge on any atom is -0.378 e. The molecular formula is C20H24N4O3S. The van der Waals surface area contributed by atoms with Gasteiger partial charge in [0.2, 0.25) is 5.91 Å². The molecule has 2 aromatic rings. The van der Waals surface area contributed by atoms with Crippen molar-refractivity contribution in [1.29, 1.82) is 0 Å². The van der Waals surface area contributed by atoms with E-state index in [1.807, 2.05) is 29.6 Å². The highest BCUT2D eigenvalue weighted by Crippen LogP contribution is 2.21. The monoisotopic (exact) mass is 400 g/mol. The van der Waals surface area contributed by atoms with Crippen LogP contribution >= 0.6 is 11.3 Å². The number of carbonyl (C=O) groups is 2. The molecule has 28 heavy (non-hydrogen) atoms. The highest BCUT2D eigenvalue weighted by atomic mass is 32.1. The van der Waals surface area contributed by atoms with E-state index in [1.54, 1.807) is 6.08 Å². The summed E-state index contributed by atoms with van der Waals surface area (Å²) < 4.78 is 5.33. The van der Waals surface area contributed by atoms with E-state index in [1.165, 1.54) is 23.0 Å². The molecule has 0 spiro atoms. The number of rotatable bonds is 6. The fraction of sp³-hybridized carbons (Fsp3) is 0.350. The van der Waals surface area contributed by atoms with Crippen LogP contribution in [0.1, 0.15) is 23.7 Å². The van der Waals surface area contributed by atoms with E-state index in [0.29, 0.717) is 18.9 Å². The summed E-state index contributed by atoms with van der Waals surface area (Å²) in [5, 5.41) is 2.76. The molecule has 1 aliphatic heterocycles. The maximum Gasteiger partial charge on any atom is 0.262 e. The average molecular weight is 401 g/mol. The quantitative estimate of drug-likeness (QED) is 0.572. The average Bonchev–Trinajstić information content (AvgIpc) is 3.20. The van der Waals surface area contributed by atoms with Gasteiger partial charge in [-0.25, -0.2) is 4.98 Å². The van der Waals surface area contributed by atoms with Crippen LogP contribution < -0.4 is 15.8 Å². The lowest BCUT2D eigenvalue weighted by molar-refractivity contribution is -0.126. The fourth-order valence-corrected chi connectivity index (χ4v) is 3.57. The van der Waals surface area contributed by atoms with Gasteiger partial charge in [0.05, 0.1) is 25.3 Å². The Morgan fingerprint density at radius 1 is 1.21 bits per heavy atom. The molecule has 1 aliphatic rings. The highest BCUT2D eigenvalue weighted by molar-refractivity contribution is 7.13. The van der Waals surface area contributed by atoms with E-state index < -0.39 is 0 Å². The Kier molecular flexibility index (Phi) is 7.16. The summed E-state index contributed by atoms with van der Waals surface area (Å²) >= 11 is 1.51. The third-order valence-corrected chi connectivity index (χ3v) is 5.25. The fourth-order valence-electron chi connectivity index (χ4n) is 2.70. The van der Waals surface area contributed by atoms with E-state index in [0.717, 1.165) is 30.2 Å². The molecule has 2 heterocycles. The number of ether oxygens (including phenoxy) is 1. The van der Waals surface area contributed by atoms with Crippen molar-refractivity contribution in [1.82, 2.24) is 15.8 Å². The van der Waals surface area contributed by atoms with E-state index in [9.17, 15) is 9.59 Å². The van der Waals surface area contributed by atoms with E-state index in [-0.39, 0.29) is 18.2 Å². The molecule has 2 amide bonds. The van der Waals surface area contributed by atoms with Crippen molar-refractivity contribution >= 4 is 34.4 Å². The van der Waals surface area contributed by atoms with Crippen LogP contribution in [0, 0.1) is 0 Å². The second kappa shape index (κ2) is 10.0. The predicted molar refractivity (Wildman–Crippen MR) is 110 cm³/mol. The number of thiazole rings is 1. The zero-order valence-electron chi connectivity index (χ0n) is 15.8. The standard InChI is InChI=1S/C20H24N4O3S/c1-2-15-3-5-16(6-4-15)7-8-18(25)22-23-19(26)13-17-14-28-20(21-17)24-9-11-27-12-10-24/h3-8,14H,2,9-13H2,1H3,(H,22,25)(H,23,26)/b8-7+. The van der Waals surface area contributed by atoms with Crippen LogP contribution in [0.5, 0.6) is 0 Å². The Labute approximate surface area is 168 Å². The Balaban J connectivity index is 1.42. The number of carbonyl (C=O) groups excluding carboxylic acids is 2. The van der Waals surface area contributed by atoms with Crippen LogP contribution in [0.2, 0.25) is 0 Å². The Bertz CT molecular complexity index is 826. The number of aromatic nitrogens is 1. The molecule has 8 heteroatoms. The minimum absolute atomic E-state index is 0.114. The van der Waals surface area contributed by atoms with Gasteiger partial charge in [-0.05, 0) is 23.6 Å². The van der Waals surface area contributed by atoms with Gasteiger partial charge in [0, 0.05) is 24.5 Å². The number of benzene rings is 1. The summed E-state index contributed by atoms with van der Waals surface area (Å²) in [4.78, 5) is 30.5. The number of hydrogen-bond donors (Lipinski definition) is 2. The number of anilines is 1. The zero-order valence-corrected chi connectivity index (χ0v) is 16.6. The van der Waals surface area contributed by atoms with Crippen LogP contribution in [-0.4, -0.2) is 43.1 Å². The molecule has 3 rings (SSSR count). The van der Waals surface area contributed by atoms with Gasteiger partial charge in [-0.1, -0.05) is 31.2 Å². The molecule has 1 aromatic heterocycles. The van der Waals surface area contributed by atoms with Crippen molar-refractivity contribution in [2.75, 3.05) is 31.2 Å². The second-order valence-corrected chi connectivity index (χ2v) is 7.20. The van der Waals surface area contributed by atoms with Crippen LogP contribution in [0.15, 0.2) is 35.7 Å². The molecule has 0 bridgehead atoms. The number of nitrogens with one attached hydrogen (secondary N) is 2. The molecule has 2 N–H and O–H groups in total. The molecule has 1 fully saturated rings. The number of hydrogen-bond acceptors (Lipinski definition) is 6. The zero-order chi connectivity index (χ0) is 19.8. The molecule has 0 atom stereocenters. The van der Waals surface area contributed by atoms with Crippen LogP contribution in [-0.2, 0) is 27.2 Å². The maximum absolute atomic E-state index is 12.0. The van der Waals surface area contributed by atoms with Gasteiger partial charge in [0.1, 0.15) is 0 Å². The lowest BCUT2D eigenvalue weighted by Crippen LogP contribution is -2.41. The normalized spacial score (nSPS) is 14.2. The summed E-state index contributed by atoms with van der Waals surface area (Å²) in [6.45, 7) is 5.09. The molecule has 1 saturated heterocycles. The lowest BCUT2D eigenvalue weighted by Gasteiger charge is -2.26. The Hall–Kier alpha value is -2.71. The van der Waals surface area contributed by atoms with E-state index >= 15 is 0 Å². The Morgan fingerprint density at radius 3 is 2.68 bits per heavy atom. The van der Waals surface area contributed by atoms with Gasteiger partial charge in [-0.15, -0.1) is 11.3 Å². The number of nitrogens with zero attached hydrogens (tertiary/aromatic N) is 2. The molecule has 0 aliphatic carbocycles. The summed E-state index contributed by atoms with van der Waals surface area (Å²) in [7, 11) is 0. The lowest BCUT2D eigenvalue weighted by atomic mass is 10.1. The van der Waals surface area contributed by atoms with E-state index in [2.05, 4.69) is 27.7 Å². The molecular weight excluding hydrogens is 376 g/mol. The third-order valence-electron chi connectivity index (χ3n) is 4.30. The number of morpholine rings is 1. The number of amides is 2. The van der Waals surface area contributed by atoms with Crippen molar-refractivity contribution in [2.24, 2.45) is 0 Å². The molecule has 1 aromatic carbocycles. The SMILES string of the molecule is CCc1ccc(/C=C/C(=O)NNC(=O)Cc2csc(N3CCOCC3)n2)cc1. The second-order valence-electron chi connectivity index (χ2n) is 6.36. The summed E-state index contributed by atoms with van der Waals surface area (Å²) in [6.07, 6.45) is 4.18. The van der Waals surface area contributed by atoms with Gasteiger partial charge in [-0.2, -0.15) is 0 Å². The first-order valence-corrected chi connectivity index (χ1v) is 10.1. The van der Waals surface area contributed by atoms with Crippen molar-refractivity contribution < 1.29 is 14.3 Å². The molecule has 148 valence electrons. The first-order valence-electron chi connectivity index (χ1n) is 9.27. The van der Waals surface area contributed by atoms with Gasteiger partial charge < -0.3 is 9.64 Å². The van der Waals surface area contributed by atoms with Crippen molar-refractivity contribution in [3.63, 3.8) is 0 Å². The summed E-state index contributed by atoms with van der Waals surface area (Å²) in [6, 6.07) is 7.96. The topological polar surface area (TPSA) is 83.6 Å². The van der Waals surface area contributed by atoms with Gasteiger partial charge in [0.15, 0.2) is 5.13 Å². The molecule has 7 nitrogen and oxygen atoms in total. The van der Waals surface area contributed by atoms with Gasteiger partial charge in [0.25, 0.3) is 5.91 Å². The molecule has 0 saturated carbocycles. The molecule has 0 radical (unpaired) electrons. The summed E-state index contributed by atoms with van der Waals surface area (Å²) in [5.41, 5.74) is 7.66. The first-order chi connectivity index (χ1) is 13.6. The van der Waals surface area contributed by atoms with Crippen LogP contribution in [0.25, 0.3) is 6.08 Å². The van der Waals surface area contributed by atoms with Crippen LogP contribution in [0.3, 0.4) is 0 Å². The maximum atomic E-state index is 12.0. The minimum atomic E-state index is -0.389. The first kappa shape index (κ1) is 20.0. The van der Waals surface area contributed by atoms with Crippen molar-refractivity contribution in [3.8, 4) is 0 Å². The van der Waals surface area contributed by atoms with Crippen molar-refractivity contribution in [3.05, 3.63) is 52.5 Å². The largest absolute Gasteiger partial charge is 0.378 e. The van der Waals surface area contributed by atoms with Crippen molar-refractivity contribution in [2.45, 2.75) is 19.8 Å². The number of hydrazine groups is 1. The van der Waals surface area contributed by atoms with E-state index in [4.69, 9.17) is 4.74 Å². The van der Waals surface area contributed by atoms with Gasteiger partial charge in [-0.3, -0.25) is 20.4 Å². The summed E-state index contributed by atoms with van der Waals surface area (Å²) in [5.74, 6) is -0.701.